The number of aromatic nitrogens is 3. The molecule has 30 heavy (non-hydrogen) atoms. The van der Waals surface area contributed by atoms with Crippen LogP contribution in [0.25, 0.3) is 11.0 Å². The van der Waals surface area contributed by atoms with Gasteiger partial charge < -0.3 is 9.88 Å². The van der Waals surface area contributed by atoms with Crippen molar-refractivity contribution in [1.82, 2.24) is 14.5 Å². The zero-order chi connectivity index (χ0) is 20.9. The molecule has 0 unspecified atom stereocenters. The monoisotopic (exact) mass is 416 g/mol. The van der Waals surface area contributed by atoms with Crippen LogP contribution in [0.5, 0.6) is 0 Å². The lowest BCUT2D eigenvalue weighted by atomic mass is 10.1. The molecule has 5 nitrogen and oxygen atoms in total. The fourth-order valence-electron chi connectivity index (χ4n) is 3.33. The second kappa shape index (κ2) is 9.13. The van der Waals surface area contributed by atoms with Crippen LogP contribution in [0.15, 0.2) is 72.1 Å². The van der Waals surface area contributed by atoms with Crippen LogP contribution in [-0.4, -0.2) is 20.4 Å². The van der Waals surface area contributed by atoms with Gasteiger partial charge in [-0.3, -0.25) is 9.78 Å². The zero-order valence-electron chi connectivity index (χ0n) is 17.1. The van der Waals surface area contributed by atoms with Crippen molar-refractivity contribution in [3.63, 3.8) is 0 Å². The van der Waals surface area contributed by atoms with Gasteiger partial charge in [-0.2, -0.15) is 0 Å². The standard InChI is InChI=1S/C24H24N4OS/c1-3-18-7-9-20(10-8-18)26-23(29)15-28-22-14-25-12-11-21(22)27-24(28)30-16-19-6-4-5-17(2)13-19/h4-14H,3,15-16H2,1-2H3,(H,26,29). The highest BCUT2D eigenvalue weighted by atomic mass is 32.2. The molecule has 0 spiro atoms. The Labute approximate surface area is 180 Å². The topological polar surface area (TPSA) is 59.8 Å². The first-order chi connectivity index (χ1) is 14.6. The van der Waals surface area contributed by atoms with E-state index in [9.17, 15) is 4.79 Å². The average molecular weight is 417 g/mol. The molecule has 0 bridgehead atoms. The van der Waals surface area contributed by atoms with E-state index < -0.39 is 0 Å². The SMILES string of the molecule is CCc1ccc(NC(=O)Cn2c(SCc3cccc(C)c3)nc3ccncc32)cc1. The lowest BCUT2D eigenvalue weighted by molar-refractivity contribution is -0.116. The summed E-state index contributed by atoms with van der Waals surface area (Å²) >= 11 is 1.63. The number of hydrogen-bond acceptors (Lipinski definition) is 4. The Balaban J connectivity index is 1.54. The first kappa shape index (κ1) is 20.2. The highest BCUT2D eigenvalue weighted by Crippen LogP contribution is 2.27. The predicted octanol–water partition coefficient (Wildman–Crippen LogP) is 5.23. The number of fused-ring (bicyclic) bond motifs is 1. The molecule has 2 heterocycles. The van der Waals surface area contributed by atoms with Crippen LogP contribution >= 0.6 is 11.8 Å². The summed E-state index contributed by atoms with van der Waals surface area (Å²) in [5, 5.41) is 3.80. The summed E-state index contributed by atoms with van der Waals surface area (Å²) in [7, 11) is 0. The Morgan fingerprint density at radius 1 is 1.10 bits per heavy atom. The van der Waals surface area contributed by atoms with E-state index in [0.29, 0.717) is 0 Å². The molecule has 6 heteroatoms. The van der Waals surface area contributed by atoms with E-state index in [1.165, 1.54) is 16.7 Å². The second-order valence-electron chi connectivity index (χ2n) is 7.22. The van der Waals surface area contributed by atoms with E-state index in [1.807, 2.05) is 34.9 Å². The number of carbonyl (C=O) groups is 1. The van der Waals surface area contributed by atoms with E-state index >= 15 is 0 Å². The summed E-state index contributed by atoms with van der Waals surface area (Å²) in [6, 6.07) is 18.3. The number of hydrogen-bond donors (Lipinski definition) is 1. The molecule has 0 radical (unpaired) electrons. The van der Waals surface area contributed by atoms with Gasteiger partial charge in [0, 0.05) is 17.6 Å². The highest BCUT2D eigenvalue weighted by molar-refractivity contribution is 7.98. The summed E-state index contributed by atoms with van der Waals surface area (Å²) in [5.74, 6) is 0.707. The average Bonchev–Trinajstić information content (AvgIpc) is 3.10. The number of carbonyl (C=O) groups excluding carboxylic acids is 1. The van der Waals surface area contributed by atoms with Crippen LogP contribution in [0.2, 0.25) is 0 Å². The maximum atomic E-state index is 12.8. The van der Waals surface area contributed by atoms with E-state index in [0.717, 1.165) is 34.1 Å². The Kier molecular flexibility index (Phi) is 6.14. The zero-order valence-corrected chi connectivity index (χ0v) is 17.9. The normalized spacial score (nSPS) is 11.0. The molecule has 0 aliphatic carbocycles. The maximum Gasteiger partial charge on any atom is 0.244 e. The van der Waals surface area contributed by atoms with Gasteiger partial charge in [-0.1, -0.05) is 60.6 Å². The summed E-state index contributed by atoms with van der Waals surface area (Å²) < 4.78 is 1.94. The number of pyridine rings is 1. The second-order valence-corrected chi connectivity index (χ2v) is 8.16. The first-order valence-electron chi connectivity index (χ1n) is 10.00. The summed E-state index contributed by atoms with van der Waals surface area (Å²) in [5.41, 5.74) is 6.22. The minimum Gasteiger partial charge on any atom is -0.325 e. The molecule has 1 N–H and O–H groups in total. The molecule has 0 fully saturated rings. The molecule has 4 aromatic rings. The number of benzene rings is 2. The van der Waals surface area contributed by atoms with Gasteiger partial charge in [0.05, 0.1) is 17.2 Å². The van der Waals surface area contributed by atoms with Gasteiger partial charge in [0.2, 0.25) is 5.91 Å². The number of nitrogens with one attached hydrogen (secondary N) is 1. The molecule has 0 saturated carbocycles. The van der Waals surface area contributed by atoms with E-state index in [1.54, 1.807) is 24.2 Å². The quantitative estimate of drug-likeness (QED) is 0.419. The number of imidazole rings is 1. The first-order valence-corrected chi connectivity index (χ1v) is 11.0. The molecular weight excluding hydrogens is 392 g/mol. The molecule has 2 aromatic carbocycles. The number of aryl methyl sites for hydroxylation is 2. The van der Waals surface area contributed by atoms with Gasteiger partial charge in [0.15, 0.2) is 5.16 Å². The van der Waals surface area contributed by atoms with Crippen LogP contribution in [-0.2, 0) is 23.5 Å². The van der Waals surface area contributed by atoms with Crippen molar-refractivity contribution in [1.29, 1.82) is 0 Å². The van der Waals surface area contributed by atoms with Crippen molar-refractivity contribution >= 4 is 34.4 Å². The minimum absolute atomic E-state index is 0.0835. The molecule has 2 aromatic heterocycles. The number of thioether (sulfide) groups is 1. The third kappa shape index (κ3) is 4.71. The number of amides is 1. The van der Waals surface area contributed by atoms with Crippen molar-refractivity contribution in [2.45, 2.75) is 37.7 Å². The third-order valence-electron chi connectivity index (χ3n) is 4.91. The fourth-order valence-corrected chi connectivity index (χ4v) is 4.29. The van der Waals surface area contributed by atoms with Gasteiger partial charge in [-0.15, -0.1) is 0 Å². The third-order valence-corrected chi connectivity index (χ3v) is 5.96. The lowest BCUT2D eigenvalue weighted by Gasteiger charge is -2.10. The Hall–Kier alpha value is -3.12. The molecule has 0 aliphatic rings. The highest BCUT2D eigenvalue weighted by Gasteiger charge is 2.15. The predicted molar refractivity (Wildman–Crippen MR) is 123 cm³/mol. The Morgan fingerprint density at radius 2 is 1.93 bits per heavy atom. The maximum absolute atomic E-state index is 12.8. The van der Waals surface area contributed by atoms with Crippen LogP contribution in [0.1, 0.15) is 23.6 Å². The van der Waals surface area contributed by atoms with E-state index in [2.05, 4.69) is 48.4 Å². The Bertz CT molecular complexity index is 1170. The van der Waals surface area contributed by atoms with E-state index in [4.69, 9.17) is 4.98 Å². The van der Waals surface area contributed by atoms with Crippen LogP contribution < -0.4 is 5.32 Å². The molecule has 1 amide bonds. The molecule has 0 atom stereocenters. The molecule has 0 aliphatic heterocycles. The van der Waals surface area contributed by atoms with Gasteiger partial charge in [-0.05, 0) is 42.7 Å². The number of rotatable bonds is 7. The Morgan fingerprint density at radius 3 is 2.70 bits per heavy atom. The molecular formula is C24H24N4OS. The summed E-state index contributed by atoms with van der Waals surface area (Å²) in [4.78, 5) is 21.7. The minimum atomic E-state index is -0.0835. The van der Waals surface area contributed by atoms with Crippen molar-refractivity contribution in [3.05, 3.63) is 83.7 Å². The van der Waals surface area contributed by atoms with Crippen LogP contribution in [0.3, 0.4) is 0 Å². The van der Waals surface area contributed by atoms with Crippen molar-refractivity contribution in [2.24, 2.45) is 0 Å². The van der Waals surface area contributed by atoms with Gasteiger partial charge >= 0.3 is 0 Å². The van der Waals surface area contributed by atoms with Crippen molar-refractivity contribution < 1.29 is 4.79 Å². The van der Waals surface area contributed by atoms with Gasteiger partial charge in [0.25, 0.3) is 0 Å². The van der Waals surface area contributed by atoms with Crippen LogP contribution in [0.4, 0.5) is 5.69 Å². The smallest absolute Gasteiger partial charge is 0.244 e. The van der Waals surface area contributed by atoms with Gasteiger partial charge in [-0.25, -0.2) is 4.98 Å². The van der Waals surface area contributed by atoms with Crippen molar-refractivity contribution in [3.8, 4) is 0 Å². The molecule has 152 valence electrons. The summed E-state index contributed by atoms with van der Waals surface area (Å²) in [6.45, 7) is 4.39. The number of anilines is 1. The number of nitrogens with zero attached hydrogens (tertiary/aromatic N) is 3. The fraction of sp³-hybridized carbons (Fsp3) is 0.208. The van der Waals surface area contributed by atoms with Gasteiger partial charge in [0.1, 0.15) is 6.54 Å². The molecule has 4 rings (SSSR count). The largest absolute Gasteiger partial charge is 0.325 e. The van der Waals surface area contributed by atoms with Crippen LogP contribution in [0, 0.1) is 6.92 Å². The lowest BCUT2D eigenvalue weighted by Crippen LogP contribution is -2.19. The molecule has 0 saturated heterocycles. The summed E-state index contributed by atoms with van der Waals surface area (Å²) in [6.07, 6.45) is 4.47. The van der Waals surface area contributed by atoms with E-state index in [-0.39, 0.29) is 12.5 Å². The van der Waals surface area contributed by atoms with Crippen molar-refractivity contribution in [2.75, 3.05) is 5.32 Å².